The lowest BCUT2D eigenvalue weighted by molar-refractivity contribution is 0.100. The number of aromatic nitrogens is 3. The lowest BCUT2D eigenvalue weighted by Gasteiger charge is -2.21. The Balaban J connectivity index is 1.95. The fourth-order valence-electron chi connectivity index (χ4n) is 3.17. The molecule has 0 fully saturated rings. The molecule has 0 bridgehead atoms. The average molecular weight is 411 g/mol. The molecule has 0 aliphatic rings. The van der Waals surface area contributed by atoms with Crippen molar-refractivity contribution in [3.63, 3.8) is 0 Å². The van der Waals surface area contributed by atoms with Crippen molar-refractivity contribution in [1.29, 1.82) is 0 Å². The van der Waals surface area contributed by atoms with E-state index in [1.54, 1.807) is 24.4 Å². The Morgan fingerprint density at radius 2 is 1.93 bits per heavy atom. The maximum Gasteiger partial charge on any atom is 0.252 e. The molecular weight excluding hydrogens is 385 g/mol. The van der Waals surface area contributed by atoms with E-state index >= 15 is 0 Å². The minimum Gasteiger partial charge on any atom is -0.365 e. The fourth-order valence-corrected chi connectivity index (χ4v) is 3.17. The van der Waals surface area contributed by atoms with Gasteiger partial charge in [0.2, 0.25) is 0 Å². The first kappa shape index (κ1) is 21.4. The summed E-state index contributed by atoms with van der Waals surface area (Å²) in [7, 11) is 0. The molecule has 0 radical (unpaired) electrons. The zero-order valence-electron chi connectivity index (χ0n) is 17.2. The molecule has 0 aliphatic carbocycles. The van der Waals surface area contributed by atoms with E-state index in [0.717, 1.165) is 23.7 Å². The Morgan fingerprint density at radius 1 is 1.17 bits per heavy atom. The number of carbonyl (C=O) groups is 1. The number of nitrogens with zero attached hydrogens (tertiary/aromatic N) is 3. The van der Waals surface area contributed by atoms with Gasteiger partial charge in [-0.15, -0.1) is 0 Å². The van der Waals surface area contributed by atoms with Crippen LogP contribution in [0.2, 0.25) is 0 Å². The van der Waals surface area contributed by atoms with Gasteiger partial charge >= 0.3 is 0 Å². The third kappa shape index (κ3) is 4.98. The maximum absolute atomic E-state index is 14.6. The molecule has 6 N–H and O–H groups in total. The summed E-state index contributed by atoms with van der Waals surface area (Å²) in [6, 6.07) is 6.27. The summed E-state index contributed by atoms with van der Waals surface area (Å²) in [5.41, 5.74) is 14.0. The zero-order valence-corrected chi connectivity index (χ0v) is 17.2. The second kappa shape index (κ2) is 9.00. The molecule has 1 atom stereocenters. The number of halogens is 1. The molecule has 0 unspecified atom stereocenters. The number of benzene rings is 1. The standard InChI is InChI=1S/C21H26FN7O/c1-11(2)6-14(9-23)28-21-16(22)8-15(19(24)30)20(29-21)27-13-4-5-17-18(7-13)25-10-12(3)26-17/h4-5,7-8,10-11,14H,6,9,23H2,1-3H3,(H2,24,30)(H2,27,28,29)/t14-/m1/s1. The van der Waals surface area contributed by atoms with E-state index in [2.05, 4.69) is 39.4 Å². The number of fused-ring (bicyclic) bond motifs is 1. The van der Waals surface area contributed by atoms with Gasteiger partial charge in [0, 0.05) is 24.5 Å². The molecule has 3 rings (SSSR count). The van der Waals surface area contributed by atoms with Gasteiger partial charge in [0.1, 0.15) is 5.82 Å². The van der Waals surface area contributed by atoms with Gasteiger partial charge in [-0.3, -0.25) is 9.78 Å². The number of nitrogens with one attached hydrogen (secondary N) is 2. The molecule has 3 aromatic rings. The van der Waals surface area contributed by atoms with Crippen LogP contribution in [-0.2, 0) is 0 Å². The van der Waals surface area contributed by atoms with Crippen molar-refractivity contribution in [2.24, 2.45) is 17.4 Å². The number of nitrogens with two attached hydrogens (primary N) is 2. The SMILES string of the molecule is Cc1cnc2cc(Nc3nc(N[C@@H](CN)CC(C)C)c(F)cc3C(N)=O)ccc2n1. The van der Waals surface area contributed by atoms with E-state index in [9.17, 15) is 9.18 Å². The molecule has 0 saturated heterocycles. The number of primary amides is 1. The van der Waals surface area contributed by atoms with Gasteiger partial charge in [-0.05, 0) is 43.5 Å². The minimum absolute atomic E-state index is 0.00908. The Labute approximate surface area is 174 Å². The molecule has 2 heterocycles. The Hall–Kier alpha value is -3.33. The molecular formula is C21H26FN7O. The summed E-state index contributed by atoms with van der Waals surface area (Å²) in [6.07, 6.45) is 2.42. The molecule has 1 aromatic carbocycles. The molecule has 9 heteroatoms. The molecule has 0 saturated carbocycles. The van der Waals surface area contributed by atoms with Gasteiger partial charge in [0.15, 0.2) is 11.6 Å². The number of amides is 1. The maximum atomic E-state index is 14.6. The molecule has 1 amide bonds. The molecule has 2 aromatic heterocycles. The summed E-state index contributed by atoms with van der Waals surface area (Å²) < 4.78 is 14.6. The molecule has 30 heavy (non-hydrogen) atoms. The summed E-state index contributed by atoms with van der Waals surface area (Å²) in [4.78, 5) is 24.9. The first-order valence-electron chi connectivity index (χ1n) is 9.74. The Bertz CT molecular complexity index is 1070. The lowest BCUT2D eigenvalue weighted by Crippen LogP contribution is -2.31. The van der Waals surface area contributed by atoms with E-state index in [4.69, 9.17) is 11.5 Å². The highest BCUT2D eigenvalue weighted by atomic mass is 19.1. The highest BCUT2D eigenvalue weighted by molar-refractivity contribution is 5.98. The van der Waals surface area contributed by atoms with Crippen LogP contribution in [0.5, 0.6) is 0 Å². The van der Waals surface area contributed by atoms with Crippen LogP contribution in [0.25, 0.3) is 11.0 Å². The van der Waals surface area contributed by atoms with Crippen molar-refractivity contribution in [3.8, 4) is 0 Å². The Morgan fingerprint density at radius 3 is 2.60 bits per heavy atom. The molecule has 0 spiro atoms. The van der Waals surface area contributed by atoms with Crippen LogP contribution < -0.4 is 22.1 Å². The van der Waals surface area contributed by atoms with Crippen molar-refractivity contribution >= 4 is 34.3 Å². The normalized spacial score (nSPS) is 12.2. The predicted octanol–water partition coefficient (Wildman–Crippen LogP) is 3.10. The van der Waals surface area contributed by atoms with Crippen LogP contribution in [0.4, 0.5) is 21.7 Å². The van der Waals surface area contributed by atoms with E-state index in [1.165, 1.54) is 0 Å². The van der Waals surface area contributed by atoms with Crippen LogP contribution in [0, 0.1) is 18.7 Å². The van der Waals surface area contributed by atoms with Gasteiger partial charge < -0.3 is 22.1 Å². The van der Waals surface area contributed by atoms with Gasteiger partial charge in [-0.2, -0.15) is 0 Å². The molecule has 8 nitrogen and oxygen atoms in total. The minimum atomic E-state index is -0.788. The van der Waals surface area contributed by atoms with Gasteiger partial charge in [-0.25, -0.2) is 14.4 Å². The van der Waals surface area contributed by atoms with Crippen molar-refractivity contribution in [3.05, 3.63) is 47.5 Å². The number of hydrogen-bond donors (Lipinski definition) is 4. The van der Waals surface area contributed by atoms with E-state index < -0.39 is 11.7 Å². The highest BCUT2D eigenvalue weighted by Gasteiger charge is 2.19. The van der Waals surface area contributed by atoms with Gasteiger partial charge in [-0.1, -0.05) is 13.8 Å². The van der Waals surface area contributed by atoms with Crippen LogP contribution in [-0.4, -0.2) is 33.4 Å². The average Bonchev–Trinajstić information content (AvgIpc) is 2.69. The number of carbonyl (C=O) groups excluding carboxylic acids is 1. The first-order chi connectivity index (χ1) is 14.3. The summed E-state index contributed by atoms with van der Waals surface area (Å²) in [5, 5.41) is 6.07. The highest BCUT2D eigenvalue weighted by Crippen LogP contribution is 2.26. The number of aryl methyl sites for hydroxylation is 1. The quantitative estimate of drug-likeness (QED) is 0.448. The van der Waals surface area contributed by atoms with Crippen molar-refractivity contribution in [2.75, 3.05) is 17.2 Å². The number of anilines is 3. The van der Waals surface area contributed by atoms with Crippen molar-refractivity contribution in [2.45, 2.75) is 33.2 Å². The van der Waals surface area contributed by atoms with Crippen LogP contribution in [0.15, 0.2) is 30.5 Å². The monoisotopic (exact) mass is 411 g/mol. The van der Waals surface area contributed by atoms with Crippen molar-refractivity contribution < 1.29 is 9.18 Å². The first-order valence-corrected chi connectivity index (χ1v) is 9.74. The third-order valence-electron chi connectivity index (χ3n) is 4.55. The smallest absolute Gasteiger partial charge is 0.252 e. The molecule has 0 aliphatic heterocycles. The van der Waals surface area contributed by atoms with Crippen LogP contribution in [0.3, 0.4) is 0 Å². The van der Waals surface area contributed by atoms with Crippen LogP contribution >= 0.6 is 0 Å². The van der Waals surface area contributed by atoms with E-state index in [0.29, 0.717) is 23.7 Å². The second-order valence-electron chi connectivity index (χ2n) is 7.63. The number of pyridine rings is 1. The van der Waals surface area contributed by atoms with Crippen LogP contribution in [0.1, 0.15) is 36.3 Å². The van der Waals surface area contributed by atoms with Gasteiger partial charge in [0.05, 0.1) is 22.3 Å². The largest absolute Gasteiger partial charge is 0.365 e. The number of rotatable bonds is 8. The van der Waals surface area contributed by atoms with E-state index in [1.807, 2.05) is 6.92 Å². The second-order valence-corrected chi connectivity index (χ2v) is 7.63. The molecule has 158 valence electrons. The van der Waals surface area contributed by atoms with E-state index in [-0.39, 0.29) is 23.2 Å². The third-order valence-corrected chi connectivity index (χ3v) is 4.55. The fraction of sp³-hybridized carbons (Fsp3) is 0.333. The van der Waals surface area contributed by atoms with Gasteiger partial charge in [0.25, 0.3) is 5.91 Å². The zero-order chi connectivity index (χ0) is 21.8. The summed E-state index contributed by atoms with van der Waals surface area (Å²) >= 11 is 0. The summed E-state index contributed by atoms with van der Waals surface area (Å²) in [5.74, 6) is -0.930. The lowest BCUT2D eigenvalue weighted by atomic mass is 10.0. The topological polar surface area (TPSA) is 132 Å². The summed E-state index contributed by atoms with van der Waals surface area (Å²) in [6.45, 7) is 6.30. The van der Waals surface area contributed by atoms with Crippen molar-refractivity contribution in [1.82, 2.24) is 15.0 Å². The Kier molecular flexibility index (Phi) is 6.41. The predicted molar refractivity (Wildman–Crippen MR) is 116 cm³/mol. The number of hydrogen-bond acceptors (Lipinski definition) is 7.